The van der Waals surface area contributed by atoms with Gasteiger partial charge in [-0.3, -0.25) is 4.79 Å². The van der Waals surface area contributed by atoms with Crippen molar-refractivity contribution in [3.05, 3.63) is 34.7 Å². The molecule has 0 bridgehead atoms. The molecule has 0 spiro atoms. The maximum atomic E-state index is 13.1. The van der Waals surface area contributed by atoms with Crippen molar-refractivity contribution in [3.63, 3.8) is 0 Å². The molecule has 1 amide bonds. The van der Waals surface area contributed by atoms with Crippen LogP contribution in [0.2, 0.25) is 0 Å². The highest BCUT2D eigenvalue weighted by molar-refractivity contribution is 7.05. The predicted molar refractivity (Wildman–Crippen MR) is 103 cm³/mol. The number of pyridine rings is 1. The molecule has 0 aromatic carbocycles. The Kier molecular flexibility index (Phi) is 5.76. The first kappa shape index (κ1) is 19.7. The molecule has 0 radical (unpaired) electrons. The number of aromatic nitrogens is 3. The van der Waals surface area contributed by atoms with E-state index in [1.165, 1.54) is 11.5 Å². The first-order chi connectivity index (χ1) is 12.8. The summed E-state index contributed by atoms with van der Waals surface area (Å²) in [6.45, 7) is 8.46. The zero-order valence-electron chi connectivity index (χ0n) is 16.2. The lowest BCUT2D eigenvalue weighted by molar-refractivity contribution is 0.0691. The first-order valence-corrected chi connectivity index (χ1v) is 10.0. The topological polar surface area (TPSA) is 88.4 Å². The minimum absolute atomic E-state index is 0.0555. The number of likely N-dealkylation sites (tertiary alicyclic amines) is 1. The van der Waals surface area contributed by atoms with E-state index in [2.05, 4.69) is 14.3 Å². The lowest BCUT2D eigenvalue weighted by Crippen LogP contribution is -2.39. The van der Waals surface area contributed by atoms with Gasteiger partial charge in [0.15, 0.2) is 0 Å². The van der Waals surface area contributed by atoms with Crippen LogP contribution in [0, 0.1) is 0 Å². The summed E-state index contributed by atoms with van der Waals surface area (Å²) in [5, 5.41) is 10.7. The lowest BCUT2D eigenvalue weighted by Gasteiger charge is -2.32. The molecule has 1 aliphatic rings. The molecule has 1 fully saturated rings. The number of hydrogen-bond donors (Lipinski definition) is 1. The number of carbonyl (C=O) groups is 1. The van der Waals surface area contributed by atoms with Crippen molar-refractivity contribution in [2.75, 3.05) is 13.1 Å². The molecule has 1 unspecified atom stereocenters. The van der Waals surface area contributed by atoms with Crippen LogP contribution in [0.3, 0.4) is 0 Å². The molecule has 27 heavy (non-hydrogen) atoms. The van der Waals surface area contributed by atoms with Crippen LogP contribution in [-0.4, -0.2) is 49.4 Å². The Balaban J connectivity index is 1.77. The normalized spacial score (nSPS) is 18.0. The average molecular weight is 391 g/mol. The van der Waals surface area contributed by atoms with Gasteiger partial charge < -0.3 is 14.7 Å². The minimum Gasteiger partial charge on any atom is -0.474 e. The molecule has 1 atom stereocenters. The van der Waals surface area contributed by atoms with Crippen molar-refractivity contribution < 1.29 is 14.6 Å². The standard InChI is InChI=1S/C19H26N4O3S/c1-12(2)26-16-14(8-5-9-20-16)17(24)23-10-6-7-13(11-23)15-21-18(27-22-15)19(3,4)25/h5,8-9,12-13,25H,6-7,10-11H2,1-4H3. The fourth-order valence-corrected chi connectivity index (χ4v) is 3.79. The minimum atomic E-state index is -1.00. The number of nitrogens with zero attached hydrogens (tertiary/aromatic N) is 4. The molecule has 0 saturated carbocycles. The summed E-state index contributed by atoms with van der Waals surface area (Å²) < 4.78 is 10.1. The van der Waals surface area contributed by atoms with E-state index in [0.717, 1.165) is 12.8 Å². The average Bonchev–Trinajstić information content (AvgIpc) is 3.12. The van der Waals surface area contributed by atoms with Crippen molar-refractivity contribution in [1.29, 1.82) is 0 Å². The number of amides is 1. The largest absolute Gasteiger partial charge is 0.474 e. The Morgan fingerprint density at radius 1 is 1.44 bits per heavy atom. The van der Waals surface area contributed by atoms with Crippen LogP contribution in [0.15, 0.2) is 18.3 Å². The van der Waals surface area contributed by atoms with Crippen molar-refractivity contribution in [3.8, 4) is 5.88 Å². The Morgan fingerprint density at radius 2 is 2.22 bits per heavy atom. The highest BCUT2D eigenvalue weighted by Gasteiger charge is 2.31. The van der Waals surface area contributed by atoms with Crippen LogP contribution in [0.25, 0.3) is 0 Å². The lowest BCUT2D eigenvalue weighted by atomic mass is 9.96. The molecule has 1 N–H and O–H groups in total. The van der Waals surface area contributed by atoms with Gasteiger partial charge in [0.05, 0.1) is 6.10 Å². The third kappa shape index (κ3) is 4.62. The van der Waals surface area contributed by atoms with Crippen LogP contribution < -0.4 is 4.74 Å². The number of hydrogen-bond acceptors (Lipinski definition) is 7. The molecule has 3 rings (SSSR count). The van der Waals surface area contributed by atoms with Gasteiger partial charge in [-0.25, -0.2) is 9.97 Å². The number of ether oxygens (including phenoxy) is 1. The van der Waals surface area contributed by atoms with Gasteiger partial charge in [0, 0.05) is 25.2 Å². The van der Waals surface area contributed by atoms with E-state index < -0.39 is 5.60 Å². The monoisotopic (exact) mass is 390 g/mol. The predicted octanol–water partition coefficient (Wildman–Crippen LogP) is 2.97. The second kappa shape index (κ2) is 7.90. The van der Waals surface area contributed by atoms with Crippen LogP contribution in [0.5, 0.6) is 5.88 Å². The van der Waals surface area contributed by atoms with Gasteiger partial charge in [0.1, 0.15) is 22.0 Å². The summed E-state index contributed by atoms with van der Waals surface area (Å²) in [5.74, 6) is 1.07. The number of rotatable bonds is 5. The third-order valence-electron chi connectivity index (χ3n) is 4.39. The summed E-state index contributed by atoms with van der Waals surface area (Å²) in [5.41, 5.74) is -0.519. The molecule has 0 aliphatic carbocycles. The van der Waals surface area contributed by atoms with Crippen LogP contribution in [0.1, 0.15) is 67.6 Å². The van der Waals surface area contributed by atoms with E-state index >= 15 is 0 Å². The van der Waals surface area contributed by atoms with Crippen molar-refractivity contribution in [2.45, 2.75) is 58.2 Å². The number of aliphatic hydroxyl groups is 1. The third-order valence-corrected chi connectivity index (χ3v) is 5.43. The van der Waals surface area contributed by atoms with Gasteiger partial charge in [-0.05, 0) is 64.2 Å². The summed E-state index contributed by atoms with van der Waals surface area (Å²) in [7, 11) is 0. The van der Waals surface area contributed by atoms with Gasteiger partial charge in [-0.15, -0.1) is 0 Å². The van der Waals surface area contributed by atoms with Gasteiger partial charge in [0.2, 0.25) is 5.88 Å². The Hall–Kier alpha value is -2.06. The van der Waals surface area contributed by atoms with Crippen molar-refractivity contribution >= 4 is 17.4 Å². The molecule has 1 saturated heterocycles. The van der Waals surface area contributed by atoms with Gasteiger partial charge in [-0.2, -0.15) is 4.37 Å². The molecular formula is C19H26N4O3S. The van der Waals surface area contributed by atoms with Crippen LogP contribution >= 0.6 is 11.5 Å². The Labute approximate surface area is 163 Å². The summed E-state index contributed by atoms with van der Waals surface area (Å²) in [4.78, 5) is 23.6. The SMILES string of the molecule is CC(C)Oc1ncccc1C(=O)N1CCCC(c2nsc(C(C)(C)O)n2)C1. The smallest absolute Gasteiger partial charge is 0.259 e. The van der Waals surface area contributed by atoms with Crippen LogP contribution in [0.4, 0.5) is 0 Å². The van der Waals surface area contributed by atoms with Gasteiger partial charge in [0.25, 0.3) is 5.91 Å². The summed E-state index contributed by atoms with van der Waals surface area (Å²) in [6.07, 6.45) is 3.38. The van der Waals surface area contributed by atoms with Gasteiger partial charge in [-0.1, -0.05) is 0 Å². The summed E-state index contributed by atoms with van der Waals surface area (Å²) >= 11 is 1.22. The van der Waals surface area contributed by atoms with Crippen molar-refractivity contribution in [1.82, 2.24) is 19.2 Å². The van der Waals surface area contributed by atoms with E-state index in [0.29, 0.717) is 35.4 Å². The van der Waals surface area contributed by atoms with E-state index in [1.807, 2.05) is 18.7 Å². The van der Waals surface area contributed by atoms with E-state index in [1.54, 1.807) is 32.2 Å². The second-order valence-corrected chi connectivity index (χ2v) is 8.38. The zero-order valence-corrected chi connectivity index (χ0v) is 17.0. The molecule has 3 heterocycles. The molecular weight excluding hydrogens is 364 g/mol. The van der Waals surface area contributed by atoms with E-state index in [-0.39, 0.29) is 17.9 Å². The Morgan fingerprint density at radius 3 is 2.89 bits per heavy atom. The molecule has 146 valence electrons. The summed E-state index contributed by atoms with van der Waals surface area (Å²) in [6, 6.07) is 3.50. The molecule has 7 nitrogen and oxygen atoms in total. The molecule has 1 aliphatic heterocycles. The zero-order chi connectivity index (χ0) is 19.6. The fraction of sp³-hybridized carbons (Fsp3) is 0.579. The maximum Gasteiger partial charge on any atom is 0.259 e. The maximum absolute atomic E-state index is 13.1. The van der Waals surface area contributed by atoms with Crippen molar-refractivity contribution in [2.24, 2.45) is 0 Å². The second-order valence-electron chi connectivity index (χ2n) is 7.63. The van der Waals surface area contributed by atoms with E-state index in [9.17, 15) is 9.90 Å². The van der Waals surface area contributed by atoms with Crippen LogP contribution in [-0.2, 0) is 5.60 Å². The molecule has 2 aromatic rings. The number of piperidine rings is 1. The molecule has 8 heteroatoms. The first-order valence-electron chi connectivity index (χ1n) is 9.23. The molecule has 2 aromatic heterocycles. The highest BCUT2D eigenvalue weighted by atomic mass is 32.1. The van der Waals surface area contributed by atoms with E-state index in [4.69, 9.17) is 4.74 Å². The fourth-order valence-electron chi connectivity index (χ4n) is 3.06. The number of carbonyl (C=O) groups excluding carboxylic acids is 1. The quantitative estimate of drug-likeness (QED) is 0.844. The highest BCUT2D eigenvalue weighted by Crippen LogP contribution is 2.30. The van der Waals surface area contributed by atoms with Gasteiger partial charge >= 0.3 is 0 Å². The Bertz CT molecular complexity index is 800.